The molecule has 0 fully saturated rings. The van der Waals surface area contributed by atoms with Gasteiger partial charge in [-0.3, -0.25) is 0 Å². The molecule has 0 aliphatic heterocycles. The van der Waals surface area contributed by atoms with Crippen molar-refractivity contribution in [2.45, 2.75) is 11.0 Å². The smallest absolute Gasteiger partial charge is 0.440 e. The van der Waals surface area contributed by atoms with Gasteiger partial charge in [0.1, 0.15) is 0 Å². The van der Waals surface area contributed by atoms with Crippen molar-refractivity contribution in [3.8, 4) is 0 Å². The van der Waals surface area contributed by atoms with E-state index in [1.165, 1.54) is 24.3 Å². The Labute approximate surface area is 90.4 Å². The van der Waals surface area contributed by atoms with Gasteiger partial charge < -0.3 is 5.11 Å². The Kier molecular flexibility index (Phi) is 3.27. The second kappa shape index (κ2) is 4.17. The van der Waals surface area contributed by atoms with Crippen LogP contribution in [0.5, 0.6) is 0 Å². The first-order chi connectivity index (χ1) is 7.27. The summed E-state index contributed by atoms with van der Waals surface area (Å²) in [6.45, 7) is 0. The van der Waals surface area contributed by atoms with E-state index >= 15 is 0 Å². The molecule has 0 aliphatic carbocycles. The van der Waals surface area contributed by atoms with E-state index in [0.717, 1.165) is 0 Å². The Bertz CT molecular complexity index is 481. The molecule has 0 aromatic heterocycles. The molecule has 0 radical (unpaired) electrons. The highest BCUT2D eigenvalue weighted by Crippen LogP contribution is 2.25. The minimum atomic E-state index is -5.04. The van der Waals surface area contributed by atoms with Gasteiger partial charge in [-0.25, -0.2) is 13.2 Å². The first-order valence-corrected chi connectivity index (χ1v) is 5.80. The summed E-state index contributed by atoms with van der Waals surface area (Å²) in [5, 5.41) is 3.36. The maximum Gasteiger partial charge on any atom is 0.440 e. The lowest BCUT2D eigenvalue weighted by molar-refractivity contribution is -0.153. The maximum absolute atomic E-state index is 12.8. The molecule has 0 amide bonds. The predicted octanol–water partition coefficient (Wildman–Crippen LogP) is 1.28. The summed E-state index contributed by atoms with van der Waals surface area (Å²) >= 11 is 0. The van der Waals surface area contributed by atoms with Crippen molar-refractivity contribution in [1.82, 2.24) is 0 Å². The van der Waals surface area contributed by atoms with Crippen molar-refractivity contribution in [1.29, 1.82) is 0 Å². The summed E-state index contributed by atoms with van der Waals surface area (Å²) in [5.74, 6) is -3.67. The van der Waals surface area contributed by atoms with Crippen LogP contribution in [0.25, 0.3) is 0 Å². The number of alkyl halides is 2. The van der Waals surface area contributed by atoms with Crippen molar-refractivity contribution in [3.05, 3.63) is 35.9 Å². The number of sulfone groups is 1. The van der Waals surface area contributed by atoms with Gasteiger partial charge in [-0.15, -0.1) is 0 Å². The van der Waals surface area contributed by atoms with Crippen molar-refractivity contribution in [3.63, 3.8) is 0 Å². The number of benzene rings is 1. The van der Waals surface area contributed by atoms with Gasteiger partial charge in [0.05, 0.1) is 5.75 Å². The minimum Gasteiger partial charge on any atom is -0.476 e. The van der Waals surface area contributed by atoms with Crippen LogP contribution in [-0.2, 0) is 20.4 Å². The average molecular weight is 250 g/mol. The van der Waals surface area contributed by atoms with Gasteiger partial charge in [0.15, 0.2) is 0 Å². The summed E-state index contributed by atoms with van der Waals surface area (Å²) in [6, 6.07) is 7.20. The number of hydrogen-bond donors (Lipinski definition) is 1. The molecule has 0 saturated carbocycles. The Morgan fingerprint density at radius 2 is 1.75 bits per heavy atom. The van der Waals surface area contributed by atoms with E-state index in [1.807, 2.05) is 0 Å². The van der Waals surface area contributed by atoms with Crippen LogP contribution in [0.4, 0.5) is 8.78 Å². The van der Waals surface area contributed by atoms with E-state index in [2.05, 4.69) is 0 Å². The first-order valence-electron chi connectivity index (χ1n) is 4.15. The molecule has 0 unspecified atom stereocenters. The topological polar surface area (TPSA) is 71.4 Å². The largest absolute Gasteiger partial charge is 0.476 e. The number of carboxylic acid groups (broad SMARTS) is 1. The second-order valence-electron chi connectivity index (χ2n) is 3.07. The number of carbonyl (C=O) groups is 1. The molecule has 1 aromatic rings. The Morgan fingerprint density at radius 3 is 2.19 bits per heavy atom. The summed E-state index contributed by atoms with van der Waals surface area (Å²) in [6.07, 6.45) is 0. The van der Waals surface area contributed by atoms with Crippen LogP contribution in [0, 0.1) is 0 Å². The van der Waals surface area contributed by atoms with Gasteiger partial charge in [-0.05, 0) is 5.56 Å². The molecular formula is C9H8F2O4S. The van der Waals surface area contributed by atoms with Crippen LogP contribution in [0.1, 0.15) is 5.56 Å². The highest BCUT2D eigenvalue weighted by molar-refractivity contribution is 7.92. The molecule has 88 valence electrons. The summed E-state index contributed by atoms with van der Waals surface area (Å²) in [4.78, 5) is 10.1. The summed E-state index contributed by atoms with van der Waals surface area (Å²) in [7, 11) is -5.04. The molecule has 0 heterocycles. The van der Waals surface area contributed by atoms with Gasteiger partial charge in [0.2, 0.25) is 9.84 Å². The van der Waals surface area contributed by atoms with Gasteiger partial charge in [-0.1, -0.05) is 30.3 Å². The monoisotopic (exact) mass is 250 g/mol. The molecule has 0 atom stereocenters. The molecule has 1 N–H and O–H groups in total. The fourth-order valence-electron chi connectivity index (χ4n) is 1.02. The first kappa shape index (κ1) is 12.6. The molecule has 7 heteroatoms. The van der Waals surface area contributed by atoms with Gasteiger partial charge in [0, 0.05) is 0 Å². The third kappa shape index (κ3) is 2.35. The van der Waals surface area contributed by atoms with Gasteiger partial charge >= 0.3 is 11.2 Å². The molecule has 1 aromatic carbocycles. The highest BCUT2D eigenvalue weighted by atomic mass is 32.2. The number of aliphatic carboxylic acids is 1. The van der Waals surface area contributed by atoms with Crippen molar-refractivity contribution >= 4 is 15.8 Å². The number of carboxylic acids is 1. The van der Waals surface area contributed by atoms with E-state index in [0.29, 0.717) is 0 Å². The van der Waals surface area contributed by atoms with E-state index in [1.54, 1.807) is 6.07 Å². The minimum absolute atomic E-state index is 0.114. The van der Waals surface area contributed by atoms with Crippen LogP contribution in [-0.4, -0.2) is 24.7 Å². The third-order valence-corrected chi connectivity index (χ3v) is 3.51. The van der Waals surface area contributed by atoms with Crippen molar-refractivity contribution in [2.24, 2.45) is 0 Å². The quantitative estimate of drug-likeness (QED) is 0.873. The van der Waals surface area contributed by atoms with Crippen molar-refractivity contribution in [2.75, 3.05) is 0 Å². The Balaban J connectivity index is 3.02. The SMILES string of the molecule is O=C(O)C(F)(F)S(=O)(=O)Cc1ccccc1. The van der Waals surface area contributed by atoms with Crippen LogP contribution in [0.2, 0.25) is 0 Å². The normalized spacial score (nSPS) is 12.4. The molecule has 0 spiro atoms. The lowest BCUT2D eigenvalue weighted by Crippen LogP contribution is -2.38. The third-order valence-electron chi connectivity index (χ3n) is 1.84. The van der Waals surface area contributed by atoms with Crippen molar-refractivity contribution < 1.29 is 27.1 Å². The summed E-state index contributed by atoms with van der Waals surface area (Å²) < 4.78 is 47.9. The lowest BCUT2D eigenvalue weighted by atomic mass is 10.2. The van der Waals surface area contributed by atoms with Crippen LogP contribution >= 0.6 is 0 Å². The lowest BCUT2D eigenvalue weighted by Gasteiger charge is -2.11. The van der Waals surface area contributed by atoms with E-state index in [9.17, 15) is 22.0 Å². The zero-order valence-electron chi connectivity index (χ0n) is 7.93. The predicted molar refractivity (Wildman–Crippen MR) is 51.6 cm³/mol. The Morgan fingerprint density at radius 1 is 1.25 bits per heavy atom. The second-order valence-corrected chi connectivity index (χ2v) is 5.10. The molecular weight excluding hydrogens is 242 g/mol. The maximum atomic E-state index is 12.8. The standard InChI is InChI=1S/C9H8F2O4S/c10-9(11,8(12)13)16(14,15)6-7-4-2-1-3-5-7/h1-5H,6H2,(H,12,13). The number of hydrogen-bond acceptors (Lipinski definition) is 3. The fourth-order valence-corrected chi connectivity index (χ4v) is 2.10. The van der Waals surface area contributed by atoms with Crippen LogP contribution in [0.15, 0.2) is 30.3 Å². The van der Waals surface area contributed by atoms with Crippen LogP contribution < -0.4 is 0 Å². The number of halogens is 2. The Hall–Kier alpha value is -1.50. The summed E-state index contributed by atoms with van der Waals surface area (Å²) in [5.41, 5.74) is 0.114. The fraction of sp³-hybridized carbons (Fsp3) is 0.222. The van der Waals surface area contributed by atoms with E-state index < -0.39 is 26.8 Å². The average Bonchev–Trinajstić information content (AvgIpc) is 2.18. The molecule has 1 rings (SSSR count). The molecule has 0 saturated heterocycles. The number of rotatable bonds is 4. The van der Waals surface area contributed by atoms with Gasteiger partial charge in [0.25, 0.3) is 0 Å². The zero-order valence-corrected chi connectivity index (χ0v) is 8.75. The highest BCUT2D eigenvalue weighted by Gasteiger charge is 2.52. The van der Waals surface area contributed by atoms with Crippen LogP contribution in [0.3, 0.4) is 0 Å². The van der Waals surface area contributed by atoms with Gasteiger partial charge in [-0.2, -0.15) is 8.78 Å². The molecule has 4 nitrogen and oxygen atoms in total. The zero-order chi connectivity index (χ0) is 12.4. The molecule has 0 bridgehead atoms. The van der Waals surface area contributed by atoms with E-state index in [-0.39, 0.29) is 5.56 Å². The van der Waals surface area contributed by atoms with E-state index in [4.69, 9.17) is 5.11 Å². The molecule has 0 aliphatic rings. The molecule has 16 heavy (non-hydrogen) atoms.